The molecule has 192 valence electrons. The van der Waals surface area contributed by atoms with E-state index in [1.807, 2.05) is 24.5 Å². The van der Waals surface area contributed by atoms with E-state index >= 15 is 0 Å². The molecule has 2 unspecified atom stereocenters. The van der Waals surface area contributed by atoms with Gasteiger partial charge in [-0.1, -0.05) is 54.6 Å². The van der Waals surface area contributed by atoms with Crippen molar-refractivity contribution in [1.82, 2.24) is 14.5 Å². The van der Waals surface area contributed by atoms with Crippen LogP contribution in [0, 0.1) is 13.8 Å². The third kappa shape index (κ3) is 3.32. The summed E-state index contributed by atoms with van der Waals surface area (Å²) in [4.78, 5) is 11.9. The summed E-state index contributed by atoms with van der Waals surface area (Å²) in [7, 11) is 0. The molecule has 2 aliphatic rings. The number of hydrogen-bond donors (Lipinski definition) is 0. The van der Waals surface area contributed by atoms with Crippen molar-refractivity contribution in [2.24, 2.45) is 0 Å². The van der Waals surface area contributed by atoms with Crippen molar-refractivity contribution in [1.29, 1.82) is 0 Å². The van der Waals surface area contributed by atoms with Crippen LogP contribution in [0.3, 0.4) is 0 Å². The topological polar surface area (TPSA) is 34.0 Å². The maximum atomic E-state index is 4.75. The monoisotopic (exact) mass is 516 g/mol. The minimum absolute atomic E-state index is 0.252. The largest absolute Gasteiger partial charge is 0.332 e. The molecule has 0 radical (unpaired) electrons. The molecule has 4 nitrogen and oxygen atoms in total. The lowest BCUT2D eigenvalue weighted by atomic mass is 9.93. The fraction of sp³-hybridized carbons (Fsp3) is 0.111. The number of rotatable bonds is 3. The standard InChI is InChI=1S/C36H28N4/c1-23-21-25(39-31-11-5-3-9-29(31)35-33(39)13-7-19-37-35)15-17-27(23)28-18-16-26(22-24(28)2)40-32-12-6-4-10-30(32)36-34(40)14-8-20-38-36/h3-22,29,31H,1-2H3. The van der Waals surface area contributed by atoms with E-state index in [-0.39, 0.29) is 12.0 Å². The first-order valence-corrected chi connectivity index (χ1v) is 13.8. The van der Waals surface area contributed by atoms with Crippen molar-refractivity contribution < 1.29 is 0 Å². The lowest BCUT2D eigenvalue weighted by molar-refractivity contribution is 0.732. The number of pyridine rings is 2. The molecule has 0 fully saturated rings. The number of aryl methyl sites for hydroxylation is 2. The summed E-state index contributed by atoms with van der Waals surface area (Å²) in [5, 5.41) is 1.18. The second kappa shape index (κ2) is 8.78. The number of hydrogen-bond acceptors (Lipinski definition) is 3. The van der Waals surface area contributed by atoms with Crippen molar-refractivity contribution in [2.75, 3.05) is 4.90 Å². The SMILES string of the molecule is Cc1cc(N2c3cccnc3C3C=CC=CC32)ccc1-c1ccc(-n2c3ccccc3c3ncccc32)cc1C. The van der Waals surface area contributed by atoms with Gasteiger partial charge >= 0.3 is 0 Å². The highest BCUT2D eigenvalue weighted by Crippen LogP contribution is 2.47. The highest BCUT2D eigenvalue weighted by atomic mass is 15.2. The zero-order valence-electron chi connectivity index (χ0n) is 22.5. The Morgan fingerprint density at radius 3 is 2.20 bits per heavy atom. The molecule has 3 aromatic heterocycles. The normalized spacial score (nSPS) is 17.5. The Labute approximate surface area is 233 Å². The molecule has 4 heterocycles. The Bertz CT molecular complexity index is 1960. The molecule has 2 atom stereocenters. The molecule has 0 saturated carbocycles. The molecule has 0 spiro atoms. The van der Waals surface area contributed by atoms with Gasteiger partial charge in [0, 0.05) is 35.1 Å². The number of fused-ring (bicyclic) bond motifs is 6. The smallest absolute Gasteiger partial charge is 0.0963 e. The molecule has 4 heteroatoms. The molecule has 0 saturated heterocycles. The number of aromatic nitrogens is 3. The van der Waals surface area contributed by atoms with Gasteiger partial charge in [-0.25, -0.2) is 0 Å². The fourth-order valence-electron chi connectivity index (χ4n) is 6.69. The lowest BCUT2D eigenvalue weighted by Crippen LogP contribution is -2.28. The van der Waals surface area contributed by atoms with Crippen molar-refractivity contribution in [3.8, 4) is 16.8 Å². The van der Waals surface area contributed by atoms with Gasteiger partial charge in [0.2, 0.25) is 0 Å². The number of para-hydroxylation sites is 1. The Morgan fingerprint density at radius 1 is 0.650 bits per heavy atom. The summed E-state index contributed by atoms with van der Waals surface area (Å²) in [6.45, 7) is 4.43. The van der Waals surface area contributed by atoms with Gasteiger partial charge in [-0.2, -0.15) is 0 Å². The van der Waals surface area contributed by atoms with Crippen LogP contribution in [0.25, 0.3) is 38.8 Å². The van der Waals surface area contributed by atoms with E-state index in [0.29, 0.717) is 0 Å². The van der Waals surface area contributed by atoms with Crippen LogP contribution in [0.5, 0.6) is 0 Å². The molecule has 0 amide bonds. The molecule has 0 N–H and O–H groups in total. The van der Waals surface area contributed by atoms with Crippen LogP contribution < -0.4 is 4.90 Å². The molecule has 1 aliphatic heterocycles. The summed E-state index contributed by atoms with van der Waals surface area (Å²) in [5.41, 5.74) is 13.1. The molecule has 1 aliphatic carbocycles. The summed E-state index contributed by atoms with van der Waals surface area (Å²) < 4.78 is 2.33. The number of allylic oxidation sites excluding steroid dienone is 2. The fourth-order valence-corrected chi connectivity index (χ4v) is 6.69. The van der Waals surface area contributed by atoms with E-state index < -0.39 is 0 Å². The van der Waals surface area contributed by atoms with Gasteiger partial charge in [0.05, 0.1) is 34.0 Å². The molecule has 0 bridgehead atoms. The lowest BCUT2D eigenvalue weighted by Gasteiger charge is -2.29. The Morgan fingerprint density at radius 2 is 1.35 bits per heavy atom. The van der Waals surface area contributed by atoms with Crippen LogP contribution in [0.4, 0.5) is 11.4 Å². The highest BCUT2D eigenvalue weighted by molar-refractivity contribution is 6.07. The first kappa shape index (κ1) is 23.0. The van der Waals surface area contributed by atoms with Crippen LogP contribution in [0.1, 0.15) is 22.7 Å². The van der Waals surface area contributed by atoms with Crippen LogP contribution >= 0.6 is 0 Å². The molecule has 8 rings (SSSR count). The molecule has 3 aromatic carbocycles. The number of nitrogens with zero attached hydrogens (tertiary/aromatic N) is 4. The van der Waals surface area contributed by atoms with Crippen LogP contribution in [0.15, 0.2) is 122 Å². The van der Waals surface area contributed by atoms with E-state index in [9.17, 15) is 0 Å². The highest BCUT2D eigenvalue weighted by Gasteiger charge is 2.38. The maximum absolute atomic E-state index is 4.75. The van der Waals surface area contributed by atoms with E-state index in [0.717, 1.165) is 22.4 Å². The number of anilines is 2. The summed E-state index contributed by atoms with van der Waals surface area (Å²) in [6.07, 6.45) is 12.6. The van der Waals surface area contributed by atoms with E-state index in [1.54, 1.807) is 0 Å². The first-order chi connectivity index (χ1) is 19.7. The van der Waals surface area contributed by atoms with Gasteiger partial charge in [-0.3, -0.25) is 9.97 Å². The Balaban J connectivity index is 1.20. The van der Waals surface area contributed by atoms with Crippen molar-refractivity contribution in [3.05, 3.63) is 138 Å². The van der Waals surface area contributed by atoms with Crippen LogP contribution in [0.2, 0.25) is 0 Å². The second-order valence-electron chi connectivity index (χ2n) is 10.8. The minimum Gasteiger partial charge on any atom is -0.332 e. The molecule has 40 heavy (non-hydrogen) atoms. The van der Waals surface area contributed by atoms with Crippen molar-refractivity contribution in [2.45, 2.75) is 25.8 Å². The van der Waals surface area contributed by atoms with Gasteiger partial charge in [-0.15, -0.1) is 0 Å². The third-order valence-electron chi connectivity index (χ3n) is 8.47. The van der Waals surface area contributed by atoms with Gasteiger partial charge in [0.1, 0.15) is 0 Å². The first-order valence-electron chi connectivity index (χ1n) is 13.8. The minimum atomic E-state index is 0.252. The van der Waals surface area contributed by atoms with Crippen LogP contribution in [-0.4, -0.2) is 20.6 Å². The average Bonchev–Trinajstić information content (AvgIpc) is 3.51. The molecular weight excluding hydrogens is 488 g/mol. The summed E-state index contributed by atoms with van der Waals surface area (Å²) in [6, 6.07) is 30.8. The zero-order valence-corrected chi connectivity index (χ0v) is 22.5. The maximum Gasteiger partial charge on any atom is 0.0963 e. The summed E-state index contributed by atoms with van der Waals surface area (Å²) in [5.74, 6) is 0.284. The van der Waals surface area contributed by atoms with Crippen molar-refractivity contribution >= 4 is 33.3 Å². The second-order valence-corrected chi connectivity index (χ2v) is 10.8. The van der Waals surface area contributed by atoms with Gasteiger partial charge in [-0.05, 0) is 90.7 Å². The van der Waals surface area contributed by atoms with E-state index in [2.05, 4.69) is 120 Å². The van der Waals surface area contributed by atoms with E-state index in [1.165, 1.54) is 44.5 Å². The predicted molar refractivity (Wildman–Crippen MR) is 165 cm³/mol. The Kier molecular flexibility index (Phi) is 5.05. The third-order valence-corrected chi connectivity index (χ3v) is 8.47. The quantitative estimate of drug-likeness (QED) is 0.236. The molecule has 6 aromatic rings. The van der Waals surface area contributed by atoms with Gasteiger partial charge in [0.15, 0.2) is 0 Å². The average molecular weight is 517 g/mol. The van der Waals surface area contributed by atoms with Gasteiger partial charge < -0.3 is 9.47 Å². The van der Waals surface area contributed by atoms with Crippen molar-refractivity contribution in [3.63, 3.8) is 0 Å². The summed E-state index contributed by atoms with van der Waals surface area (Å²) >= 11 is 0. The van der Waals surface area contributed by atoms with E-state index in [4.69, 9.17) is 9.97 Å². The molecular formula is C36H28N4. The Hall–Kier alpha value is -4.96. The number of benzene rings is 3. The van der Waals surface area contributed by atoms with Crippen LogP contribution in [-0.2, 0) is 0 Å². The zero-order chi connectivity index (χ0) is 26.8. The van der Waals surface area contributed by atoms with Gasteiger partial charge in [0.25, 0.3) is 0 Å². The predicted octanol–water partition coefficient (Wildman–Crippen LogP) is 8.59.